The lowest BCUT2D eigenvalue weighted by atomic mass is 9.98. The van der Waals surface area contributed by atoms with Crippen molar-refractivity contribution in [1.82, 2.24) is 0 Å². The molecule has 1 unspecified atom stereocenters. The zero-order valence-corrected chi connectivity index (χ0v) is 18.1. The largest absolute Gasteiger partial charge is 0.450 e. The summed E-state index contributed by atoms with van der Waals surface area (Å²) in [6, 6.07) is 21.5. The van der Waals surface area contributed by atoms with Crippen molar-refractivity contribution in [3.8, 4) is 0 Å². The zero-order valence-electron chi connectivity index (χ0n) is 14.9. The van der Waals surface area contributed by atoms with E-state index >= 15 is 0 Å². The Morgan fingerprint density at radius 3 is 2.31 bits per heavy atom. The second-order valence-corrected chi connectivity index (χ2v) is 8.61. The summed E-state index contributed by atoms with van der Waals surface area (Å²) in [6.45, 7) is 0. The summed E-state index contributed by atoms with van der Waals surface area (Å²) in [5.74, 6) is -0.232. The summed E-state index contributed by atoms with van der Waals surface area (Å²) in [4.78, 5) is 28.5. The Morgan fingerprint density at radius 2 is 1.55 bits per heavy atom. The van der Waals surface area contributed by atoms with Crippen molar-refractivity contribution in [2.45, 2.75) is 6.04 Å². The molecule has 1 amide bonds. The predicted molar refractivity (Wildman–Crippen MR) is 119 cm³/mol. The highest BCUT2D eigenvalue weighted by Crippen LogP contribution is 2.42. The molecule has 1 aromatic heterocycles. The lowest BCUT2D eigenvalue weighted by Crippen LogP contribution is -2.29. The van der Waals surface area contributed by atoms with Crippen molar-refractivity contribution in [2.24, 2.45) is 0 Å². The molecule has 0 saturated heterocycles. The molecule has 1 aliphatic heterocycles. The van der Waals surface area contributed by atoms with Gasteiger partial charge >= 0.3 is 0 Å². The molecule has 29 heavy (non-hydrogen) atoms. The summed E-state index contributed by atoms with van der Waals surface area (Å²) in [5, 5.41) is 0.468. The number of amides is 1. The van der Waals surface area contributed by atoms with Gasteiger partial charge in [-0.05, 0) is 48.0 Å². The summed E-state index contributed by atoms with van der Waals surface area (Å²) >= 11 is 6.97. The highest BCUT2D eigenvalue weighted by atomic mass is 79.9. The lowest BCUT2D eigenvalue weighted by Gasteiger charge is -2.25. The SMILES string of the molecule is O=C1c2oc3ccccc3c(=O)c2C(c2cccc(Br)c2)N1c1cccc(Br)c1. The van der Waals surface area contributed by atoms with E-state index in [4.69, 9.17) is 4.42 Å². The van der Waals surface area contributed by atoms with Crippen LogP contribution in [0.4, 0.5) is 5.69 Å². The summed E-state index contributed by atoms with van der Waals surface area (Å²) in [5.41, 5.74) is 2.11. The third kappa shape index (κ3) is 2.94. The van der Waals surface area contributed by atoms with Gasteiger partial charge in [-0.3, -0.25) is 14.5 Å². The van der Waals surface area contributed by atoms with Crippen LogP contribution in [0.2, 0.25) is 0 Å². The topological polar surface area (TPSA) is 50.5 Å². The normalized spacial score (nSPS) is 15.7. The minimum absolute atomic E-state index is 0.0960. The average Bonchev–Trinajstić information content (AvgIpc) is 3.01. The zero-order chi connectivity index (χ0) is 20.1. The van der Waals surface area contributed by atoms with Crippen molar-refractivity contribution in [3.05, 3.63) is 109 Å². The van der Waals surface area contributed by atoms with Gasteiger partial charge in [0.05, 0.1) is 17.0 Å². The first kappa shape index (κ1) is 18.3. The number of anilines is 1. The van der Waals surface area contributed by atoms with E-state index in [-0.39, 0.29) is 17.1 Å². The number of carbonyl (C=O) groups excluding carboxylic acids is 1. The molecule has 2 heterocycles. The molecule has 0 saturated carbocycles. The molecule has 1 atom stereocenters. The number of carbonyl (C=O) groups is 1. The van der Waals surface area contributed by atoms with Gasteiger partial charge in [-0.1, -0.05) is 62.2 Å². The summed E-state index contributed by atoms with van der Waals surface area (Å²) in [7, 11) is 0. The highest BCUT2D eigenvalue weighted by Gasteiger charge is 2.43. The van der Waals surface area contributed by atoms with Gasteiger partial charge < -0.3 is 4.42 Å². The number of halogens is 2. The minimum Gasteiger partial charge on any atom is -0.450 e. The van der Waals surface area contributed by atoms with Crippen LogP contribution in [0.25, 0.3) is 11.0 Å². The molecular formula is C23H13Br2NO3. The van der Waals surface area contributed by atoms with Crippen LogP contribution in [0.5, 0.6) is 0 Å². The van der Waals surface area contributed by atoms with E-state index in [1.54, 1.807) is 29.2 Å². The number of benzene rings is 3. The Hall–Kier alpha value is -2.70. The maximum atomic E-state index is 13.4. The molecule has 0 fully saturated rings. The van der Waals surface area contributed by atoms with Crippen LogP contribution in [0.1, 0.15) is 27.7 Å². The standard InChI is InChI=1S/C23H13Br2NO3/c24-14-6-3-5-13(11-14)20-19-21(27)17-9-1-2-10-18(17)29-22(19)23(28)26(20)16-8-4-7-15(25)12-16/h1-12,20H. The Balaban J connectivity index is 1.84. The number of nitrogens with zero attached hydrogens (tertiary/aromatic N) is 1. The maximum absolute atomic E-state index is 13.4. The van der Waals surface area contributed by atoms with Gasteiger partial charge in [0.25, 0.3) is 5.91 Å². The van der Waals surface area contributed by atoms with Crippen molar-refractivity contribution in [3.63, 3.8) is 0 Å². The Morgan fingerprint density at radius 1 is 0.828 bits per heavy atom. The summed E-state index contributed by atoms with van der Waals surface area (Å²) in [6.07, 6.45) is 0. The van der Waals surface area contributed by atoms with Crippen molar-refractivity contribution >= 4 is 54.4 Å². The first-order valence-electron chi connectivity index (χ1n) is 8.95. The van der Waals surface area contributed by atoms with Crippen LogP contribution >= 0.6 is 31.9 Å². The van der Waals surface area contributed by atoms with Gasteiger partial charge in [-0.15, -0.1) is 0 Å². The molecule has 142 valence electrons. The number of hydrogen-bond donors (Lipinski definition) is 0. The molecule has 4 nitrogen and oxygen atoms in total. The average molecular weight is 511 g/mol. The van der Waals surface area contributed by atoms with Crippen molar-refractivity contribution in [2.75, 3.05) is 4.90 Å². The van der Waals surface area contributed by atoms with Crippen LogP contribution in [-0.2, 0) is 0 Å². The fraction of sp³-hybridized carbons (Fsp3) is 0.0435. The second kappa shape index (κ2) is 6.97. The molecule has 6 heteroatoms. The molecule has 0 aliphatic carbocycles. The third-order valence-corrected chi connectivity index (χ3v) is 6.01. The molecule has 5 rings (SSSR count). The lowest BCUT2D eigenvalue weighted by molar-refractivity contribution is 0.0971. The van der Waals surface area contributed by atoms with Gasteiger partial charge in [0, 0.05) is 14.6 Å². The molecule has 0 N–H and O–H groups in total. The van der Waals surface area contributed by atoms with Crippen LogP contribution in [-0.4, -0.2) is 5.91 Å². The van der Waals surface area contributed by atoms with Crippen molar-refractivity contribution in [1.29, 1.82) is 0 Å². The van der Waals surface area contributed by atoms with E-state index in [0.717, 1.165) is 14.5 Å². The smallest absolute Gasteiger partial charge is 0.295 e. The molecule has 0 spiro atoms. The second-order valence-electron chi connectivity index (χ2n) is 6.78. The maximum Gasteiger partial charge on any atom is 0.295 e. The van der Waals surface area contributed by atoms with E-state index in [0.29, 0.717) is 22.2 Å². The third-order valence-electron chi connectivity index (χ3n) is 5.03. The number of fused-ring (bicyclic) bond motifs is 2. The van der Waals surface area contributed by atoms with Gasteiger partial charge in [0.2, 0.25) is 5.76 Å². The quantitative estimate of drug-likeness (QED) is 0.329. The number of hydrogen-bond acceptors (Lipinski definition) is 3. The molecular weight excluding hydrogens is 498 g/mol. The monoisotopic (exact) mass is 509 g/mol. The van der Waals surface area contributed by atoms with E-state index in [1.165, 1.54) is 0 Å². The van der Waals surface area contributed by atoms with E-state index in [9.17, 15) is 9.59 Å². The molecule has 0 bridgehead atoms. The van der Waals surface area contributed by atoms with Gasteiger partial charge in [-0.25, -0.2) is 0 Å². The Labute approximate surface area is 183 Å². The van der Waals surface area contributed by atoms with Crippen molar-refractivity contribution < 1.29 is 9.21 Å². The Kier molecular flexibility index (Phi) is 4.41. The number of rotatable bonds is 2. The first-order valence-corrected chi connectivity index (χ1v) is 10.5. The predicted octanol–water partition coefficient (Wildman–Crippen LogP) is 6.07. The summed E-state index contributed by atoms with van der Waals surface area (Å²) < 4.78 is 7.66. The van der Waals surface area contributed by atoms with Crippen LogP contribution < -0.4 is 10.3 Å². The first-order chi connectivity index (χ1) is 14.0. The van der Waals surface area contributed by atoms with E-state index in [2.05, 4.69) is 31.9 Å². The molecule has 0 radical (unpaired) electrons. The highest BCUT2D eigenvalue weighted by molar-refractivity contribution is 9.10. The number of para-hydroxylation sites is 1. The molecule has 4 aromatic rings. The van der Waals surface area contributed by atoms with Gasteiger partial charge in [0.15, 0.2) is 5.43 Å². The van der Waals surface area contributed by atoms with Crippen LogP contribution in [0.3, 0.4) is 0 Å². The van der Waals surface area contributed by atoms with Gasteiger partial charge in [0.1, 0.15) is 5.58 Å². The van der Waals surface area contributed by atoms with Crippen LogP contribution in [0.15, 0.2) is 91.0 Å². The molecule has 3 aromatic carbocycles. The van der Waals surface area contributed by atoms with E-state index in [1.807, 2.05) is 48.5 Å². The van der Waals surface area contributed by atoms with E-state index < -0.39 is 6.04 Å². The van der Waals surface area contributed by atoms with Gasteiger partial charge in [-0.2, -0.15) is 0 Å². The minimum atomic E-state index is -0.579. The fourth-order valence-corrected chi connectivity index (χ4v) is 4.61. The Bertz CT molecular complexity index is 1350. The fourth-order valence-electron chi connectivity index (χ4n) is 3.80. The van der Waals surface area contributed by atoms with Crippen LogP contribution in [0, 0.1) is 0 Å². The molecule has 1 aliphatic rings.